The van der Waals surface area contributed by atoms with E-state index in [1.54, 1.807) is 0 Å². The summed E-state index contributed by atoms with van der Waals surface area (Å²) >= 11 is 0. The van der Waals surface area contributed by atoms with Gasteiger partial charge in [-0.2, -0.15) is 0 Å². The first kappa shape index (κ1) is 18.3. The zero-order chi connectivity index (χ0) is 19.5. The lowest BCUT2D eigenvalue weighted by Gasteiger charge is -2.27. The summed E-state index contributed by atoms with van der Waals surface area (Å²) in [7, 11) is 0. The number of ether oxygens (including phenoxy) is 1. The van der Waals surface area contributed by atoms with E-state index in [0.29, 0.717) is 37.7 Å². The maximum atomic E-state index is 12.7. The quantitative estimate of drug-likeness (QED) is 0.742. The Labute approximate surface area is 164 Å². The average Bonchev–Trinajstić information content (AvgIpc) is 3.15. The first-order valence-electron chi connectivity index (χ1n) is 9.36. The van der Waals surface area contributed by atoms with Gasteiger partial charge in [-0.25, -0.2) is 0 Å². The summed E-state index contributed by atoms with van der Waals surface area (Å²) in [5.74, 6) is 0.602. The molecule has 0 aliphatic carbocycles. The summed E-state index contributed by atoms with van der Waals surface area (Å²) in [5, 5.41) is 13.6. The Kier molecular flexibility index (Phi) is 5.12. The summed E-state index contributed by atoms with van der Waals surface area (Å²) in [6, 6.07) is 17.2. The second-order valence-corrected chi connectivity index (χ2v) is 7.05. The molecule has 1 aliphatic rings. The van der Waals surface area contributed by atoms with Crippen LogP contribution in [0.2, 0.25) is 0 Å². The van der Waals surface area contributed by atoms with Crippen LogP contribution in [0.3, 0.4) is 0 Å². The SMILES string of the molecule is Cc1ccc(C(=O)N2CCn3nc(OCc4ccc(CO)cc4)cc3C2)cc1. The lowest BCUT2D eigenvalue weighted by molar-refractivity contribution is 0.0706. The van der Waals surface area contributed by atoms with Crippen LogP contribution in [-0.2, 0) is 26.3 Å². The van der Waals surface area contributed by atoms with Crippen molar-refractivity contribution in [3.8, 4) is 5.88 Å². The number of carbonyl (C=O) groups excluding carboxylic acids is 1. The van der Waals surface area contributed by atoms with Crippen molar-refractivity contribution in [2.75, 3.05) is 6.54 Å². The van der Waals surface area contributed by atoms with Crippen molar-refractivity contribution in [3.05, 3.63) is 82.5 Å². The van der Waals surface area contributed by atoms with Crippen LogP contribution >= 0.6 is 0 Å². The molecular formula is C22H23N3O3. The molecule has 3 aromatic rings. The van der Waals surface area contributed by atoms with Crippen molar-refractivity contribution < 1.29 is 14.6 Å². The van der Waals surface area contributed by atoms with E-state index in [1.165, 1.54) is 0 Å². The smallest absolute Gasteiger partial charge is 0.254 e. The fourth-order valence-electron chi connectivity index (χ4n) is 3.26. The lowest BCUT2D eigenvalue weighted by atomic mass is 10.1. The van der Waals surface area contributed by atoms with E-state index in [9.17, 15) is 4.79 Å². The molecule has 2 aromatic carbocycles. The van der Waals surface area contributed by atoms with Gasteiger partial charge in [0.15, 0.2) is 0 Å². The maximum Gasteiger partial charge on any atom is 0.254 e. The fourth-order valence-corrected chi connectivity index (χ4v) is 3.26. The molecule has 0 saturated carbocycles. The summed E-state index contributed by atoms with van der Waals surface area (Å²) in [6.45, 7) is 4.26. The number of benzene rings is 2. The molecule has 1 aromatic heterocycles. The molecule has 1 N–H and O–H groups in total. The summed E-state index contributed by atoms with van der Waals surface area (Å²) < 4.78 is 7.72. The van der Waals surface area contributed by atoms with Gasteiger partial charge in [-0.05, 0) is 30.2 Å². The standard InChI is InChI=1S/C22H23N3O3/c1-16-2-8-19(9-3-16)22(27)24-10-11-25-20(13-24)12-21(23-25)28-15-18-6-4-17(14-26)5-7-18/h2-9,12,26H,10-11,13-15H2,1H3. The highest BCUT2D eigenvalue weighted by Crippen LogP contribution is 2.21. The third kappa shape index (κ3) is 3.92. The Morgan fingerprint density at radius 2 is 1.79 bits per heavy atom. The van der Waals surface area contributed by atoms with E-state index < -0.39 is 0 Å². The van der Waals surface area contributed by atoms with Crippen LogP contribution in [0, 0.1) is 6.92 Å². The molecule has 0 bridgehead atoms. The van der Waals surface area contributed by atoms with E-state index in [0.717, 1.165) is 22.4 Å². The molecule has 2 heterocycles. The Morgan fingerprint density at radius 1 is 1.07 bits per heavy atom. The Hall–Kier alpha value is -3.12. The normalized spacial score (nSPS) is 13.3. The van der Waals surface area contributed by atoms with E-state index in [2.05, 4.69) is 5.10 Å². The Balaban J connectivity index is 1.40. The van der Waals surface area contributed by atoms with E-state index in [4.69, 9.17) is 9.84 Å². The second-order valence-electron chi connectivity index (χ2n) is 7.05. The van der Waals surface area contributed by atoms with Crippen molar-refractivity contribution in [2.24, 2.45) is 0 Å². The highest BCUT2D eigenvalue weighted by molar-refractivity contribution is 5.94. The molecule has 4 rings (SSSR count). The van der Waals surface area contributed by atoms with Crippen LogP contribution in [0.25, 0.3) is 0 Å². The Bertz CT molecular complexity index is 962. The molecule has 6 heteroatoms. The monoisotopic (exact) mass is 377 g/mol. The topological polar surface area (TPSA) is 67.6 Å². The van der Waals surface area contributed by atoms with Gasteiger partial charge in [0.2, 0.25) is 5.88 Å². The zero-order valence-electron chi connectivity index (χ0n) is 15.8. The number of aliphatic hydroxyl groups excluding tert-OH is 1. The number of aryl methyl sites for hydroxylation is 1. The average molecular weight is 377 g/mol. The first-order valence-corrected chi connectivity index (χ1v) is 9.36. The molecule has 0 saturated heterocycles. The predicted molar refractivity (Wildman–Crippen MR) is 105 cm³/mol. The number of hydrogen-bond acceptors (Lipinski definition) is 4. The first-order chi connectivity index (χ1) is 13.6. The molecule has 0 radical (unpaired) electrons. The number of hydrogen-bond donors (Lipinski definition) is 1. The maximum absolute atomic E-state index is 12.7. The number of aromatic nitrogens is 2. The molecule has 6 nitrogen and oxygen atoms in total. The van der Waals surface area contributed by atoms with Gasteiger partial charge in [0.05, 0.1) is 25.4 Å². The van der Waals surface area contributed by atoms with Crippen molar-refractivity contribution >= 4 is 5.91 Å². The minimum atomic E-state index is 0.0344. The highest BCUT2D eigenvalue weighted by atomic mass is 16.5. The number of carbonyl (C=O) groups is 1. The minimum absolute atomic E-state index is 0.0344. The molecule has 0 unspecified atom stereocenters. The largest absolute Gasteiger partial charge is 0.472 e. The minimum Gasteiger partial charge on any atom is -0.472 e. The van der Waals surface area contributed by atoms with Crippen molar-refractivity contribution in [1.29, 1.82) is 0 Å². The molecule has 0 spiro atoms. The van der Waals surface area contributed by atoms with Gasteiger partial charge < -0.3 is 14.7 Å². The number of rotatable bonds is 5. The van der Waals surface area contributed by atoms with E-state index in [1.807, 2.05) is 71.1 Å². The van der Waals surface area contributed by atoms with E-state index in [-0.39, 0.29) is 12.5 Å². The lowest BCUT2D eigenvalue weighted by Crippen LogP contribution is -2.38. The van der Waals surface area contributed by atoms with Gasteiger partial charge in [0.25, 0.3) is 5.91 Å². The van der Waals surface area contributed by atoms with Gasteiger partial charge in [0.1, 0.15) is 6.61 Å². The number of amides is 1. The van der Waals surface area contributed by atoms with Gasteiger partial charge in [-0.1, -0.05) is 42.0 Å². The number of nitrogens with zero attached hydrogens (tertiary/aromatic N) is 3. The van der Waals surface area contributed by atoms with Gasteiger partial charge in [0, 0.05) is 18.2 Å². The third-order valence-corrected chi connectivity index (χ3v) is 4.95. The molecule has 1 amide bonds. The predicted octanol–water partition coefficient (Wildman–Crippen LogP) is 2.92. The van der Waals surface area contributed by atoms with Crippen molar-refractivity contribution in [1.82, 2.24) is 14.7 Å². The number of aliphatic hydroxyl groups is 1. The van der Waals surface area contributed by atoms with Crippen molar-refractivity contribution in [3.63, 3.8) is 0 Å². The number of fused-ring (bicyclic) bond motifs is 1. The molecule has 28 heavy (non-hydrogen) atoms. The molecule has 0 atom stereocenters. The molecular weight excluding hydrogens is 354 g/mol. The highest BCUT2D eigenvalue weighted by Gasteiger charge is 2.23. The second kappa shape index (κ2) is 7.86. The van der Waals surface area contributed by atoms with Crippen molar-refractivity contribution in [2.45, 2.75) is 33.2 Å². The zero-order valence-corrected chi connectivity index (χ0v) is 15.8. The van der Waals surface area contributed by atoms with E-state index >= 15 is 0 Å². The fraction of sp³-hybridized carbons (Fsp3) is 0.273. The van der Waals surface area contributed by atoms with Gasteiger partial charge >= 0.3 is 0 Å². The molecule has 144 valence electrons. The summed E-state index contributed by atoms with van der Waals surface area (Å²) in [6.07, 6.45) is 0. The van der Waals surface area contributed by atoms with Crippen LogP contribution < -0.4 is 4.74 Å². The van der Waals surface area contributed by atoms with Crippen LogP contribution in [0.1, 0.15) is 32.7 Å². The Morgan fingerprint density at radius 3 is 2.50 bits per heavy atom. The van der Waals surface area contributed by atoms with Crippen LogP contribution in [-0.4, -0.2) is 32.2 Å². The van der Waals surface area contributed by atoms with Crippen LogP contribution in [0.4, 0.5) is 0 Å². The summed E-state index contributed by atoms with van der Waals surface area (Å²) in [4.78, 5) is 14.6. The van der Waals surface area contributed by atoms with Gasteiger partial charge in [-0.3, -0.25) is 9.48 Å². The van der Waals surface area contributed by atoms with Crippen LogP contribution in [0.5, 0.6) is 5.88 Å². The van der Waals surface area contributed by atoms with Crippen LogP contribution in [0.15, 0.2) is 54.6 Å². The summed E-state index contributed by atoms with van der Waals surface area (Å²) in [5.41, 5.74) is 4.71. The third-order valence-electron chi connectivity index (χ3n) is 4.95. The van der Waals surface area contributed by atoms with Gasteiger partial charge in [-0.15, -0.1) is 5.10 Å². The molecule has 0 fully saturated rings. The molecule has 1 aliphatic heterocycles.